The monoisotopic (exact) mass is 358 g/mol. The van der Waals surface area contributed by atoms with Crippen LogP contribution in [0, 0.1) is 6.92 Å². The molecule has 0 saturated carbocycles. The topological polar surface area (TPSA) is 42.0 Å². The lowest BCUT2D eigenvalue weighted by Crippen LogP contribution is -2.13. The van der Waals surface area contributed by atoms with E-state index in [-0.39, 0.29) is 16.1 Å². The van der Waals surface area contributed by atoms with Crippen LogP contribution < -0.4 is 5.32 Å². The van der Waals surface area contributed by atoms with E-state index in [1.54, 1.807) is 0 Å². The van der Waals surface area contributed by atoms with Crippen LogP contribution in [0.15, 0.2) is 34.9 Å². The molecule has 0 aliphatic carbocycles. The largest absolute Gasteiger partial charge is 0.322 e. The first-order chi connectivity index (χ1) is 8.99. The summed E-state index contributed by atoms with van der Waals surface area (Å²) in [5, 5.41) is 3.28. The van der Waals surface area contributed by atoms with Crippen molar-refractivity contribution in [2.45, 2.75) is 6.92 Å². The van der Waals surface area contributed by atoms with E-state index in [1.807, 2.05) is 25.1 Å². The van der Waals surface area contributed by atoms with Gasteiger partial charge in [0.1, 0.15) is 5.15 Å². The maximum atomic E-state index is 12.2. The fourth-order valence-electron chi connectivity index (χ4n) is 1.52. The number of nitrogens with one attached hydrogen (secondary N) is 1. The van der Waals surface area contributed by atoms with Gasteiger partial charge in [0, 0.05) is 16.4 Å². The Morgan fingerprint density at radius 1 is 1.37 bits per heavy atom. The fraction of sp³-hybridized carbons (Fsp3) is 0.0769. The Kier molecular flexibility index (Phi) is 4.45. The van der Waals surface area contributed by atoms with E-state index < -0.39 is 0 Å². The summed E-state index contributed by atoms with van der Waals surface area (Å²) in [6, 6.07) is 7.00. The maximum Gasteiger partial charge on any atom is 0.257 e. The standard InChI is InChI=1S/C13H9BrCl2N2O/c1-7-9(14)3-2-4-11(7)18-13(19)8-5-12(16)17-6-10(8)15/h2-6H,1H3,(H,18,19). The third kappa shape index (κ3) is 3.26. The third-order valence-electron chi connectivity index (χ3n) is 2.58. The number of nitrogens with zero attached hydrogens (tertiary/aromatic N) is 1. The van der Waals surface area contributed by atoms with Gasteiger partial charge in [0.2, 0.25) is 0 Å². The van der Waals surface area contributed by atoms with E-state index in [2.05, 4.69) is 26.2 Å². The van der Waals surface area contributed by atoms with Crippen molar-refractivity contribution >= 4 is 50.7 Å². The fourth-order valence-corrected chi connectivity index (χ4v) is 2.23. The molecule has 6 heteroatoms. The number of pyridine rings is 1. The first-order valence-corrected chi connectivity index (χ1v) is 6.91. The molecule has 0 atom stereocenters. The summed E-state index contributed by atoms with van der Waals surface area (Å²) in [5.74, 6) is -0.324. The van der Waals surface area contributed by atoms with Gasteiger partial charge in [0.05, 0.1) is 10.6 Å². The van der Waals surface area contributed by atoms with Crippen LogP contribution in [0.25, 0.3) is 0 Å². The summed E-state index contributed by atoms with van der Waals surface area (Å²) in [7, 11) is 0. The van der Waals surface area contributed by atoms with Crippen LogP contribution in [-0.2, 0) is 0 Å². The number of hydrogen-bond acceptors (Lipinski definition) is 2. The average molecular weight is 360 g/mol. The highest BCUT2D eigenvalue weighted by atomic mass is 79.9. The van der Waals surface area contributed by atoms with E-state index in [0.29, 0.717) is 11.3 Å². The lowest BCUT2D eigenvalue weighted by molar-refractivity contribution is 0.102. The number of benzene rings is 1. The van der Waals surface area contributed by atoms with Crippen LogP contribution in [-0.4, -0.2) is 10.9 Å². The molecule has 0 bridgehead atoms. The summed E-state index contributed by atoms with van der Waals surface area (Å²) >= 11 is 15.1. The zero-order valence-electron chi connectivity index (χ0n) is 9.88. The molecule has 1 N–H and O–H groups in total. The molecule has 0 aliphatic heterocycles. The molecule has 3 nitrogen and oxygen atoms in total. The smallest absolute Gasteiger partial charge is 0.257 e. The molecule has 1 aromatic heterocycles. The van der Waals surface area contributed by atoms with Crippen molar-refractivity contribution in [2.24, 2.45) is 0 Å². The van der Waals surface area contributed by atoms with E-state index in [0.717, 1.165) is 10.0 Å². The second-order valence-corrected chi connectivity index (χ2v) is 5.50. The minimum atomic E-state index is -0.324. The number of halogens is 3. The highest BCUT2D eigenvalue weighted by molar-refractivity contribution is 9.10. The van der Waals surface area contributed by atoms with Gasteiger partial charge < -0.3 is 5.32 Å². The molecule has 1 aromatic carbocycles. The first kappa shape index (κ1) is 14.3. The molecule has 1 heterocycles. The number of hydrogen-bond donors (Lipinski definition) is 1. The van der Waals surface area contributed by atoms with Crippen molar-refractivity contribution in [2.75, 3.05) is 5.32 Å². The van der Waals surface area contributed by atoms with Crippen LogP contribution in [0.1, 0.15) is 15.9 Å². The predicted molar refractivity (Wildman–Crippen MR) is 81.1 cm³/mol. The molecule has 0 fully saturated rings. The molecular formula is C13H9BrCl2N2O. The molecule has 2 rings (SSSR count). The summed E-state index contributed by atoms with van der Waals surface area (Å²) in [6.07, 6.45) is 1.35. The molecule has 0 spiro atoms. The number of anilines is 1. The Morgan fingerprint density at radius 2 is 2.11 bits per heavy atom. The van der Waals surface area contributed by atoms with Gasteiger partial charge in [-0.15, -0.1) is 0 Å². The van der Waals surface area contributed by atoms with Crippen LogP contribution in [0.3, 0.4) is 0 Å². The first-order valence-electron chi connectivity index (χ1n) is 5.36. The van der Waals surface area contributed by atoms with Gasteiger partial charge in [-0.25, -0.2) is 4.98 Å². The van der Waals surface area contributed by atoms with E-state index >= 15 is 0 Å². The molecule has 0 aliphatic rings. The lowest BCUT2D eigenvalue weighted by Gasteiger charge is -2.10. The Bertz CT molecular complexity index is 647. The maximum absolute atomic E-state index is 12.2. The Hall–Kier alpha value is -1.10. The van der Waals surface area contributed by atoms with Crippen LogP contribution in [0.5, 0.6) is 0 Å². The second kappa shape index (κ2) is 5.90. The summed E-state index contributed by atoms with van der Waals surface area (Å²) < 4.78 is 0.921. The third-order valence-corrected chi connectivity index (χ3v) is 3.95. The van der Waals surface area contributed by atoms with Gasteiger partial charge in [-0.2, -0.15) is 0 Å². The zero-order valence-corrected chi connectivity index (χ0v) is 13.0. The predicted octanol–water partition coefficient (Wildman–Crippen LogP) is 4.71. The minimum Gasteiger partial charge on any atom is -0.322 e. The summed E-state index contributed by atoms with van der Waals surface area (Å²) in [5.41, 5.74) is 1.94. The van der Waals surface area contributed by atoms with Gasteiger partial charge in [0.15, 0.2) is 0 Å². The Labute approximate surface area is 129 Å². The van der Waals surface area contributed by atoms with Crippen LogP contribution in [0.2, 0.25) is 10.2 Å². The molecule has 1 amide bonds. The van der Waals surface area contributed by atoms with Gasteiger partial charge in [0.25, 0.3) is 5.91 Å². The van der Waals surface area contributed by atoms with Gasteiger partial charge in [-0.1, -0.05) is 45.2 Å². The van der Waals surface area contributed by atoms with Gasteiger partial charge >= 0.3 is 0 Å². The van der Waals surface area contributed by atoms with Crippen molar-refractivity contribution in [3.63, 3.8) is 0 Å². The number of aromatic nitrogens is 1. The quantitative estimate of drug-likeness (QED) is 0.789. The molecule has 0 unspecified atom stereocenters. The second-order valence-electron chi connectivity index (χ2n) is 3.85. The number of amides is 1. The minimum absolute atomic E-state index is 0.223. The molecule has 98 valence electrons. The van der Waals surface area contributed by atoms with Crippen molar-refractivity contribution in [1.29, 1.82) is 0 Å². The zero-order chi connectivity index (χ0) is 14.0. The number of rotatable bonds is 2. The van der Waals surface area contributed by atoms with Crippen molar-refractivity contribution < 1.29 is 4.79 Å². The Morgan fingerprint density at radius 3 is 2.84 bits per heavy atom. The summed E-state index contributed by atoms with van der Waals surface area (Å²) in [4.78, 5) is 16.0. The number of carbonyl (C=O) groups excluding carboxylic acids is 1. The lowest BCUT2D eigenvalue weighted by atomic mass is 10.2. The van der Waals surface area contributed by atoms with Crippen molar-refractivity contribution in [1.82, 2.24) is 4.98 Å². The van der Waals surface area contributed by atoms with Gasteiger partial charge in [-0.3, -0.25) is 4.79 Å². The molecule has 0 radical (unpaired) electrons. The van der Waals surface area contributed by atoms with Crippen molar-refractivity contribution in [3.8, 4) is 0 Å². The van der Waals surface area contributed by atoms with Crippen molar-refractivity contribution in [3.05, 3.63) is 56.2 Å². The molecule has 19 heavy (non-hydrogen) atoms. The van der Waals surface area contributed by atoms with E-state index in [4.69, 9.17) is 23.2 Å². The Balaban J connectivity index is 2.31. The molecular weight excluding hydrogens is 351 g/mol. The molecule has 0 saturated heterocycles. The SMILES string of the molecule is Cc1c(Br)cccc1NC(=O)c1cc(Cl)ncc1Cl. The van der Waals surface area contributed by atoms with Crippen LogP contribution in [0.4, 0.5) is 5.69 Å². The summed E-state index contributed by atoms with van der Waals surface area (Å²) in [6.45, 7) is 1.90. The normalized spacial score (nSPS) is 10.3. The van der Waals surface area contributed by atoms with E-state index in [9.17, 15) is 4.79 Å². The highest BCUT2D eigenvalue weighted by Gasteiger charge is 2.13. The van der Waals surface area contributed by atoms with Gasteiger partial charge in [-0.05, 0) is 30.7 Å². The van der Waals surface area contributed by atoms with Crippen LogP contribution >= 0.6 is 39.1 Å². The average Bonchev–Trinajstić information content (AvgIpc) is 2.38. The highest BCUT2D eigenvalue weighted by Crippen LogP contribution is 2.25. The number of carbonyl (C=O) groups is 1. The van der Waals surface area contributed by atoms with E-state index in [1.165, 1.54) is 12.3 Å². The molecule has 2 aromatic rings.